The lowest BCUT2D eigenvalue weighted by Gasteiger charge is -2.06. The maximum Gasteiger partial charge on any atom is 0.335 e. The Labute approximate surface area is 111 Å². The van der Waals surface area contributed by atoms with Crippen LogP contribution in [-0.2, 0) is 9.53 Å². The summed E-state index contributed by atoms with van der Waals surface area (Å²) in [5, 5.41) is 11.5. The number of carboxylic acid groups (broad SMARTS) is 1. The van der Waals surface area contributed by atoms with Gasteiger partial charge in [-0.3, -0.25) is 4.79 Å². The minimum Gasteiger partial charge on any atom is -0.478 e. The number of nitrogens with one attached hydrogen (secondary N) is 1. The van der Waals surface area contributed by atoms with Gasteiger partial charge in [-0.15, -0.1) is 6.58 Å². The molecule has 0 bridgehead atoms. The van der Waals surface area contributed by atoms with E-state index in [1.807, 2.05) is 0 Å². The minimum atomic E-state index is -1.02. The monoisotopic (exact) mass is 263 g/mol. The number of hydrogen-bond acceptors (Lipinski definition) is 3. The summed E-state index contributed by atoms with van der Waals surface area (Å²) in [5.74, 6) is -1.18. The second kappa shape index (κ2) is 8.05. The number of ether oxygens (including phenoxy) is 1. The van der Waals surface area contributed by atoms with Crippen LogP contribution in [0.1, 0.15) is 23.2 Å². The highest BCUT2D eigenvalue weighted by molar-refractivity contribution is 5.93. The fourth-order valence-electron chi connectivity index (χ4n) is 1.45. The number of carbonyl (C=O) groups is 2. The van der Waals surface area contributed by atoms with Gasteiger partial charge in [0.25, 0.3) is 0 Å². The van der Waals surface area contributed by atoms with Crippen molar-refractivity contribution in [2.24, 2.45) is 0 Å². The van der Waals surface area contributed by atoms with Crippen LogP contribution in [0.25, 0.3) is 0 Å². The predicted octanol–water partition coefficient (Wildman–Crippen LogP) is 2.31. The van der Waals surface area contributed by atoms with E-state index in [2.05, 4.69) is 11.9 Å². The normalized spacial score (nSPS) is 9.89. The molecule has 0 atom stereocenters. The second-order valence-electron chi connectivity index (χ2n) is 3.90. The zero-order valence-corrected chi connectivity index (χ0v) is 10.6. The predicted molar refractivity (Wildman–Crippen MR) is 72.3 cm³/mol. The molecule has 0 heterocycles. The molecule has 0 saturated carbocycles. The van der Waals surface area contributed by atoms with Crippen LogP contribution in [0.15, 0.2) is 36.9 Å². The molecule has 0 fully saturated rings. The van der Waals surface area contributed by atoms with Gasteiger partial charge in [0.2, 0.25) is 5.91 Å². The summed E-state index contributed by atoms with van der Waals surface area (Å²) < 4.78 is 5.16. The Bertz CT molecular complexity index is 457. The average molecular weight is 263 g/mol. The third-order valence-corrected chi connectivity index (χ3v) is 2.32. The molecule has 2 N–H and O–H groups in total. The summed E-state index contributed by atoms with van der Waals surface area (Å²) in [6.07, 6.45) is 2.59. The molecule has 102 valence electrons. The molecular weight excluding hydrogens is 246 g/mol. The topological polar surface area (TPSA) is 75.6 Å². The lowest BCUT2D eigenvalue weighted by molar-refractivity contribution is -0.116. The van der Waals surface area contributed by atoms with Crippen LogP contribution in [0, 0.1) is 0 Å². The number of aromatic carboxylic acids is 1. The lowest BCUT2D eigenvalue weighted by atomic mass is 10.2. The summed E-state index contributed by atoms with van der Waals surface area (Å²) in [5.41, 5.74) is 0.629. The summed E-state index contributed by atoms with van der Waals surface area (Å²) in [7, 11) is 0. The highest BCUT2D eigenvalue weighted by Gasteiger charge is 2.06. The fourth-order valence-corrected chi connectivity index (χ4v) is 1.45. The summed E-state index contributed by atoms with van der Waals surface area (Å²) in [6, 6.07) is 6.14. The SMILES string of the molecule is C=CCOCCCC(=O)Nc1cccc(C(=O)O)c1. The molecule has 5 heteroatoms. The molecule has 1 rings (SSSR count). The van der Waals surface area contributed by atoms with Crippen LogP contribution in [0.3, 0.4) is 0 Å². The van der Waals surface area contributed by atoms with Gasteiger partial charge >= 0.3 is 5.97 Å². The van der Waals surface area contributed by atoms with Crippen LogP contribution in [0.4, 0.5) is 5.69 Å². The largest absolute Gasteiger partial charge is 0.478 e. The molecule has 1 aromatic rings. The highest BCUT2D eigenvalue weighted by Crippen LogP contribution is 2.11. The van der Waals surface area contributed by atoms with Crippen LogP contribution in [0.5, 0.6) is 0 Å². The quantitative estimate of drug-likeness (QED) is 0.557. The van der Waals surface area contributed by atoms with Gasteiger partial charge in [0.15, 0.2) is 0 Å². The summed E-state index contributed by atoms with van der Waals surface area (Å²) in [6.45, 7) is 4.49. The van der Waals surface area contributed by atoms with Crippen LogP contribution < -0.4 is 5.32 Å². The first-order valence-electron chi connectivity index (χ1n) is 5.95. The van der Waals surface area contributed by atoms with E-state index in [0.29, 0.717) is 31.7 Å². The van der Waals surface area contributed by atoms with Gasteiger partial charge in [-0.25, -0.2) is 4.79 Å². The van der Waals surface area contributed by atoms with Crippen molar-refractivity contribution in [2.75, 3.05) is 18.5 Å². The van der Waals surface area contributed by atoms with Crippen LogP contribution in [0.2, 0.25) is 0 Å². The first kappa shape index (κ1) is 14.9. The third-order valence-electron chi connectivity index (χ3n) is 2.32. The van der Waals surface area contributed by atoms with Crippen molar-refractivity contribution >= 4 is 17.6 Å². The van der Waals surface area contributed by atoms with Crippen molar-refractivity contribution in [3.63, 3.8) is 0 Å². The zero-order chi connectivity index (χ0) is 14.1. The Kier molecular flexibility index (Phi) is 6.32. The Morgan fingerprint density at radius 1 is 1.42 bits per heavy atom. The molecular formula is C14H17NO4. The van der Waals surface area contributed by atoms with Crippen molar-refractivity contribution < 1.29 is 19.4 Å². The van der Waals surface area contributed by atoms with Gasteiger partial charge in [-0.1, -0.05) is 12.1 Å². The van der Waals surface area contributed by atoms with Crippen molar-refractivity contribution in [3.05, 3.63) is 42.5 Å². The van der Waals surface area contributed by atoms with Gasteiger partial charge in [0.05, 0.1) is 12.2 Å². The van der Waals surface area contributed by atoms with E-state index in [-0.39, 0.29) is 11.5 Å². The molecule has 0 aromatic heterocycles. The summed E-state index contributed by atoms with van der Waals surface area (Å²) in [4.78, 5) is 22.4. The molecule has 0 unspecified atom stereocenters. The fraction of sp³-hybridized carbons (Fsp3) is 0.286. The molecule has 0 aliphatic rings. The Morgan fingerprint density at radius 2 is 2.21 bits per heavy atom. The Hall–Kier alpha value is -2.14. The molecule has 19 heavy (non-hydrogen) atoms. The van der Waals surface area contributed by atoms with Crippen molar-refractivity contribution in [1.82, 2.24) is 0 Å². The van der Waals surface area contributed by atoms with E-state index < -0.39 is 5.97 Å². The number of rotatable bonds is 8. The molecule has 0 aliphatic carbocycles. The van der Waals surface area contributed by atoms with Crippen LogP contribution >= 0.6 is 0 Å². The number of hydrogen-bond donors (Lipinski definition) is 2. The van der Waals surface area contributed by atoms with Crippen molar-refractivity contribution in [2.45, 2.75) is 12.8 Å². The van der Waals surface area contributed by atoms with Gasteiger partial charge < -0.3 is 15.2 Å². The number of carbonyl (C=O) groups excluding carboxylic acids is 1. The lowest BCUT2D eigenvalue weighted by Crippen LogP contribution is -2.12. The number of carboxylic acids is 1. The average Bonchev–Trinajstić information content (AvgIpc) is 2.38. The maximum atomic E-state index is 11.6. The van der Waals surface area contributed by atoms with Gasteiger partial charge in [-0.05, 0) is 24.6 Å². The van der Waals surface area contributed by atoms with E-state index in [1.54, 1.807) is 18.2 Å². The van der Waals surface area contributed by atoms with E-state index in [0.717, 1.165) is 0 Å². The van der Waals surface area contributed by atoms with Crippen molar-refractivity contribution in [3.8, 4) is 0 Å². The number of anilines is 1. The maximum absolute atomic E-state index is 11.6. The van der Waals surface area contributed by atoms with E-state index in [1.165, 1.54) is 12.1 Å². The number of benzene rings is 1. The molecule has 1 amide bonds. The molecule has 5 nitrogen and oxygen atoms in total. The molecule has 0 radical (unpaired) electrons. The Balaban J connectivity index is 2.37. The van der Waals surface area contributed by atoms with Crippen molar-refractivity contribution in [1.29, 1.82) is 0 Å². The number of amides is 1. The molecule has 0 spiro atoms. The first-order valence-corrected chi connectivity index (χ1v) is 5.95. The third kappa shape index (κ3) is 5.83. The molecule has 1 aromatic carbocycles. The van der Waals surface area contributed by atoms with E-state index >= 15 is 0 Å². The van der Waals surface area contributed by atoms with Gasteiger partial charge in [0.1, 0.15) is 0 Å². The molecule has 0 saturated heterocycles. The second-order valence-corrected chi connectivity index (χ2v) is 3.90. The zero-order valence-electron chi connectivity index (χ0n) is 10.6. The minimum absolute atomic E-state index is 0.145. The summed E-state index contributed by atoms with van der Waals surface area (Å²) >= 11 is 0. The molecule has 0 aliphatic heterocycles. The highest BCUT2D eigenvalue weighted by atomic mass is 16.5. The van der Waals surface area contributed by atoms with E-state index in [9.17, 15) is 9.59 Å². The first-order chi connectivity index (χ1) is 9.13. The smallest absolute Gasteiger partial charge is 0.335 e. The standard InChI is InChI=1S/C14H17NO4/c1-2-8-19-9-4-7-13(16)15-12-6-3-5-11(10-12)14(17)18/h2-3,5-6,10H,1,4,7-9H2,(H,15,16)(H,17,18). The Morgan fingerprint density at radius 3 is 2.89 bits per heavy atom. The van der Waals surface area contributed by atoms with Gasteiger partial charge in [0, 0.05) is 18.7 Å². The van der Waals surface area contributed by atoms with Gasteiger partial charge in [-0.2, -0.15) is 0 Å². The van der Waals surface area contributed by atoms with Crippen LogP contribution in [-0.4, -0.2) is 30.2 Å². The van der Waals surface area contributed by atoms with E-state index in [4.69, 9.17) is 9.84 Å².